The van der Waals surface area contributed by atoms with Crippen molar-refractivity contribution in [3.63, 3.8) is 0 Å². The largest absolute Gasteiger partial charge is 0.573 e. The summed E-state index contributed by atoms with van der Waals surface area (Å²) < 4.78 is 67.1. The van der Waals surface area contributed by atoms with Gasteiger partial charge in [0.2, 0.25) is 10.0 Å². The van der Waals surface area contributed by atoms with Crippen LogP contribution >= 0.6 is 0 Å². The molecule has 2 saturated heterocycles. The van der Waals surface area contributed by atoms with Gasteiger partial charge in [-0.2, -0.15) is 4.31 Å². The van der Waals surface area contributed by atoms with Gasteiger partial charge in [0.1, 0.15) is 12.4 Å². The van der Waals surface area contributed by atoms with Crippen molar-refractivity contribution in [1.82, 2.24) is 9.62 Å². The van der Waals surface area contributed by atoms with Crippen molar-refractivity contribution in [2.24, 2.45) is 11.1 Å². The highest BCUT2D eigenvalue weighted by molar-refractivity contribution is 7.89. The molecule has 2 aliphatic rings. The van der Waals surface area contributed by atoms with E-state index < -0.39 is 22.1 Å². The third-order valence-electron chi connectivity index (χ3n) is 4.96. The van der Waals surface area contributed by atoms with Crippen molar-refractivity contribution < 1.29 is 31.2 Å². The molecule has 29 heavy (non-hydrogen) atoms. The molecule has 0 atom stereocenters. The first-order valence-electron chi connectivity index (χ1n) is 9.48. The van der Waals surface area contributed by atoms with E-state index in [1.165, 1.54) is 4.31 Å². The van der Waals surface area contributed by atoms with Crippen molar-refractivity contribution in [2.75, 3.05) is 32.8 Å². The van der Waals surface area contributed by atoms with E-state index in [4.69, 9.17) is 4.84 Å². The van der Waals surface area contributed by atoms with Gasteiger partial charge >= 0.3 is 6.36 Å². The number of nitrogens with one attached hydrogen (secondary N) is 1. The van der Waals surface area contributed by atoms with Crippen LogP contribution in [-0.2, 0) is 14.9 Å². The van der Waals surface area contributed by atoms with Gasteiger partial charge in [-0.15, -0.1) is 13.2 Å². The molecular formula is C18H24F3N3O4S. The maximum atomic E-state index is 12.7. The smallest absolute Gasteiger partial charge is 0.406 e. The summed E-state index contributed by atoms with van der Waals surface area (Å²) in [5, 5.41) is 7.45. The summed E-state index contributed by atoms with van der Waals surface area (Å²) in [6.45, 7) is 3.04. The Kier molecular flexibility index (Phi) is 7.01. The number of benzene rings is 1. The number of nitrogens with zero attached hydrogens (tertiary/aromatic N) is 2. The molecule has 2 aliphatic heterocycles. The Balaban J connectivity index is 1.51. The fourth-order valence-corrected chi connectivity index (χ4v) is 4.76. The summed E-state index contributed by atoms with van der Waals surface area (Å²) in [7, 11) is -3.79. The third-order valence-corrected chi connectivity index (χ3v) is 6.87. The zero-order valence-electron chi connectivity index (χ0n) is 15.8. The molecule has 0 bridgehead atoms. The molecule has 1 N–H and O–H groups in total. The van der Waals surface area contributed by atoms with Gasteiger partial charge in [0.25, 0.3) is 0 Å². The maximum absolute atomic E-state index is 12.7. The van der Waals surface area contributed by atoms with E-state index in [1.54, 1.807) is 0 Å². The molecule has 2 fully saturated rings. The van der Waals surface area contributed by atoms with Gasteiger partial charge in [-0.1, -0.05) is 5.16 Å². The van der Waals surface area contributed by atoms with Gasteiger partial charge in [-0.25, -0.2) is 8.42 Å². The predicted octanol–water partition coefficient (Wildman–Crippen LogP) is 2.74. The van der Waals surface area contributed by atoms with Crippen LogP contribution in [0.1, 0.15) is 25.7 Å². The van der Waals surface area contributed by atoms with E-state index in [0.29, 0.717) is 25.4 Å². The molecule has 3 rings (SSSR count). The van der Waals surface area contributed by atoms with Crippen LogP contribution < -0.4 is 10.1 Å². The van der Waals surface area contributed by atoms with Crippen LogP contribution in [0.3, 0.4) is 0 Å². The highest BCUT2D eigenvalue weighted by Gasteiger charge is 2.32. The Labute approximate surface area is 167 Å². The molecule has 1 aromatic rings. The number of hydrogen-bond acceptors (Lipinski definition) is 6. The molecule has 0 amide bonds. The first-order chi connectivity index (χ1) is 13.7. The molecule has 1 aromatic carbocycles. The number of rotatable bonds is 6. The second-order valence-electron chi connectivity index (χ2n) is 7.07. The maximum Gasteiger partial charge on any atom is 0.573 e. The summed E-state index contributed by atoms with van der Waals surface area (Å²) >= 11 is 0. The average Bonchev–Trinajstić information content (AvgIpc) is 2.68. The molecule has 7 nitrogen and oxygen atoms in total. The van der Waals surface area contributed by atoms with Crippen LogP contribution in [0.5, 0.6) is 5.75 Å². The van der Waals surface area contributed by atoms with Crippen LogP contribution in [0.15, 0.2) is 34.3 Å². The standard InChI is InChI=1S/C18H24F3N3O4S/c19-18(20,21)28-16-1-3-17(4-2-16)29(25,26)24-11-7-15(8-12-24)23-27-13-14-5-9-22-10-6-14/h1-4,14,22H,5-13H2. The molecule has 0 aromatic heterocycles. The van der Waals surface area contributed by atoms with Gasteiger partial charge in [-0.05, 0) is 56.1 Å². The van der Waals surface area contributed by atoms with Crippen LogP contribution in [0.4, 0.5) is 13.2 Å². The topological polar surface area (TPSA) is 80.2 Å². The Hall–Kier alpha value is -1.85. The number of hydrogen-bond donors (Lipinski definition) is 1. The molecule has 0 radical (unpaired) electrons. The van der Waals surface area contributed by atoms with Gasteiger partial charge in [0.15, 0.2) is 0 Å². The highest BCUT2D eigenvalue weighted by Crippen LogP contribution is 2.26. The minimum atomic E-state index is -4.82. The lowest BCUT2D eigenvalue weighted by Crippen LogP contribution is -2.38. The number of piperidine rings is 2. The van der Waals surface area contributed by atoms with E-state index >= 15 is 0 Å². The van der Waals surface area contributed by atoms with E-state index in [2.05, 4.69) is 15.2 Å². The Morgan fingerprint density at radius 1 is 1.10 bits per heavy atom. The Morgan fingerprint density at radius 3 is 2.31 bits per heavy atom. The number of oxime groups is 1. The predicted molar refractivity (Wildman–Crippen MR) is 100 cm³/mol. The Morgan fingerprint density at radius 2 is 1.72 bits per heavy atom. The molecule has 0 unspecified atom stereocenters. The van der Waals surface area contributed by atoms with Crippen molar-refractivity contribution in [2.45, 2.75) is 36.9 Å². The lowest BCUT2D eigenvalue weighted by Gasteiger charge is -2.27. The van der Waals surface area contributed by atoms with Gasteiger partial charge in [0.05, 0.1) is 10.6 Å². The fourth-order valence-electron chi connectivity index (χ4n) is 3.32. The quantitative estimate of drug-likeness (QED) is 0.695. The summed E-state index contributed by atoms with van der Waals surface area (Å²) in [6.07, 6.45) is -1.78. The molecule has 0 aliphatic carbocycles. The zero-order valence-corrected chi connectivity index (χ0v) is 16.6. The molecular weight excluding hydrogens is 411 g/mol. The number of halogens is 3. The summed E-state index contributed by atoms with van der Waals surface area (Å²) in [6, 6.07) is 4.21. The number of sulfonamides is 1. The number of alkyl halides is 3. The molecule has 2 heterocycles. The highest BCUT2D eigenvalue weighted by atomic mass is 32.2. The number of ether oxygens (including phenoxy) is 1. The molecule has 0 spiro atoms. The van der Waals surface area contributed by atoms with Crippen LogP contribution in [0.2, 0.25) is 0 Å². The average molecular weight is 435 g/mol. The lowest BCUT2D eigenvalue weighted by atomic mass is 10.00. The Bertz CT molecular complexity index is 797. The van der Waals surface area contributed by atoms with E-state index in [9.17, 15) is 21.6 Å². The fraction of sp³-hybridized carbons (Fsp3) is 0.611. The van der Waals surface area contributed by atoms with E-state index in [-0.39, 0.29) is 18.0 Å². The van der Waals surface area contributed by atoms with Crippen molar-refractivity contribution in [1.29, 1.82) is 0 Å². The van der Waals surface area contributed by atoms with Gasteiger partial charge < -0.3 is 14.9 Å². The van der Waals surface area contributed by atoms with Gasteiger partial charge in [0, 0.05) is 25.9 Å². The van der Waals surface area contributed by atoms with Crippen LogP contribution in [0.25, 0.3) is 0 Å². The van der Waals surface area contributed by atoms with Gasteiger partial charge in [-0.3, -0.25) is 0 Å². The third kappa shape index (κ3) is 6.31. The molecule has 0 saturated carbocycles. The molecule has 11 heteroatoms. The van der Waals surface area contributed by atoms with E-state index in [1.807, 2.05) is 0 Å². The second kappa shape index (κ2) is 9.31. The summed E-state index contributed by atoms with van der Waals surface area (Å²) in [4.78, 5) is 5.38. The monoisotopic (exact) mass is 435 g/mol. The van der Waals surface area contributed by atoms with Crippen molar-refractivity contribution >= 4 is 15.7 Å². The van der Waals surface area contributed by atoms with Crippen LogP contribution in [-0.4, -0.2) is 57.6 Å². The SMILES string of the molecule is O=S(=O)(c1ccc(OC(F)(F)F)cc1)N1CCC(=NOCC2CCNCC2)CC1. The minimum Gasteiger partial charge on any atom is -0.406 e. The normalized spacial score (nSPS) is 19.8. The van der Waals surface area contributed by atoms with Crippen molar-refractivity contribution in [3.05, 3.63) is 24.3 Å². The lowest BCUT2D eigenvalue weighted by molar-refractivity contribution is -0.274. The summed E-state index contributed by atoms with van der Waals surface area (Å²) in [5.74, 6) is 0.0285. The van der Waals surface area contributed by atoms with E-state index in [0.717, 1.165) is 55.9 Å². The summed E-state index contributed by atoms with van der Waals surface area (Å²) in [5.41, 5.74) is 0.819. The molecule has 162 valence electrons. The van der Waals surface area contributed by atoms with Crippen molar-refractivity contribution in [3.8, 4) is 5.75 Å². The minimum absolute atomic E-state index is 0.0745. The first kappa shape index (κ1) is 21.8. The first-order valence-corrected chi connectivity index (χ1v) is 10.9. The zero-order chi connectivity index (χ0) is 20.9. The van der Waals surface area contributed by atoms with Crippen LogP contribution in [0, 0.1) is 5.92 Å². The second-order valence-corrected chi connectivity index (χ2v) is 9.01.